The number of rotatable bonds is 1. The first-order valence-corrected chi connectivity index (χ1v) is 5.55. The fourth-order valence-corrected chi connectivity index (χ4v) is 1.32. The van der Waals surface area contributed by atoms with Gasteiger partial charge in [-0.1, -0.05) is 27.8 Å². The molecule has 0 saturated carbocycles. The maximum atomic E-state index is 11.2. The van der Waals surface area contributed by atoms with E-state index in [4.69, 9.17) is 0 Å². The molecule has 0 bridgehead atoms. The second-order valence-corrected chi connectivity index (χ2v) is 3.52. The maximum Gasteiger partial charge on any atom is 0.337 e. The van der Waals surface area contributed by atoms with Gasteiger partial charge in [-0.3, -0.25) is 0 Å². The Bertz CT molecular complexity index is 427. The Labute approximate surface area is 97.8 Å². The van der Waals surface area contributed by atoms with Crippen molar-refractivity contribution in [1.82, 2.24) is 0 Å². The first kappa shape index (κ1) is 11.8. The monoisotopic (exact) mass is 266 g/mol. The number of halogens is 1. The third-order valence-corrected chi connectivity index (χ3v) is 2.22. The molecule has 0 spiro atoms. The maximum absolute atomic E-state index is 11.2. The van der Waals surface area contributed by atoms with Crippen LogP contribution in [0.5, 0.6) is 0 Å². The van der Waals surface area contributed by atoms with Gasteiger partial charge in [0, 0.05) is 5.56 Å². The number of methoxy groups -OCH3 is 1. The summed E-state index contributed by atoms with van der Waals surface area (Å²) < 4.78 is 4.63. The molecule has 2 nitrogen and oxygen atoms in total. The van der Waals surface area contributed by atoms with Crippen molar-refractivity contribution < 1.29 is 9.53 Å². The van der Waals surface area contributed by atoms with E-state index >= 15 is 0 Å². The van der Waals surface area contributed by atoms with E-state index in [1.807, 2.05) is 13.0 Å². The summed E-state index contributed by atoms with van der Waals surface area (Å²) in [4.78, 5) is 11.2. The van der Waals surface area contributed by atoms with Crippen molar-refractivity contribution in [2.45, 2.75) is 6.92 Å². The third kappa shape index (κ3) is 3.10. The summed E-state index contributed by atoms with van der Waals surface area (Å²) in [6, 6.07) is 5.33. The van der Waals surface area contributed by atoms with E-state index < -0.39 is 0 Å². The summed E-state index contributed by atoms with van der Waals surface area (Å²) in [6.07, 6.45) is 0. The van der Waals surface area contributed by atoms with Crippen molar-refractivity contribution in [1.29, 1.82) is 0 Å². The second kappa shape index (κ2) is 5.57. The Hall–Kier alpha value is -1.27. The number of hydrogen-bond acceptors (Lipinski definition) is 2. The molecule has 0 N–H and O–H groups in total. The average Bonchev–Trinajstić information content (AvgIpc) is 2.26. The summed E-state index contributed by atoms with van der Waals surface area (Å²) in [5.74, 6) is 5.60. The van der Waals surface area contributed by atoms with Gasteiger partial charge < -0.3 is 4.74 Å². The number of alkyl halides is 1. The zero-order valence-electron chi connectivity index (χ0n) is 8.63. The molecule has 15 heavy (non-hydrogen) atoms. The van der Waals surface area contributed by atoms with Crippen molar-refractivity contribution >= 4 is 21.9 Å². The molecule has 0 unspecified atom stereocenters. The Morgan fingerprint density at radius 2 is 2.27 bits per heavy atom. The quantitative estimate of drug-likeness (QED) is 0.444. The number of benzene rings is 1. The second-order valence-electron chi connectivity index (χ2n) is 2.96. The largest absolute Gasteiger partial charge is 0.465 e. The van der Waals surface area contributed by atoms with Crippen LogP contribution in [0.3, 0.4) is 0 Å². The molecule has 0 amide bonds. The molecule has 1 rings (SSSR count). The molecular weight excluding hydrogens is 256 g/mol. The normalized spacial score (nSPS) is 9.00. The minimum Gasteiger partial charge on any atom is -0.465 e. The van der Waals surface area contributed by atoms with Gasteiger partial charge in [-0.15, -0.1) is 0 Å². The van der Waals surface area contributed by atoms with Crippen LogP contribution >= 0.6 is 15.9 Å². The highest BCUT2D eigenvalue weighted by atomic mass is 79.9. The van der Waals surface area contributed by atoms with Crippen LogP contribution in [0.15, 0.2) is 18.2 Å². The van der Waals surface area contributed by atoms with E-state index in [-0.39, 0.29) is 5.97 Å². The first-order valence-electron chi connectivity index (χ1n) is 4.43. The number of aryl methyl sites for hydroxylation is 1. The topological polar surface area (TPSA) is 26.3 Å². The predicted molar refractivity (Wildman–Crippen MR) is 63.2 cm³/mol. The Kier molecular flexibility index (Phi) is 4.38. The zero-order chi connectivity index (χ0) is 11.3. The van der Waals surface area contributed by atoms with E-state index in [2.05, 4.69) is 32.5 Å². The van der Waals surface area contributed by atoms with Crippen molar-refractivity contribution in [3.8, 4) is 11.8 Å². The third-order valence-electron chi connectivity index (χ3n) is 1.94. The molecule has 0 radical (unpaired) electrons. The Morgan fingerprint density at radius 1 is 1.53 bits per heavy atom. The minimum atomic E-state index is -0.321. The van der Waals surface area contributed by atoms with Gasteiger partial charge in [0.2, 0.25) is 0 Å². The molecule has 1 aromatic rings. The summed E-state index contributed by atoms with van der Waals surface area (Å²) in [5.41, 5.74) is 2.47. The van der Waals surface area contributed by atoms with Gasteiger partial charge in [0.25, 0.3) is 0 Å². The minimum absolute atomic E-state index is 0.321. The van der Waals surface area contributed by atoms with E-state index in [9.17, 15) is 4.79 Å². The van der Waals surface area contributed by atoms with Crippen LogP contribution in [-0.4, -0.2) is 18.4 Å². The van der Waals surface area contributed by atoms with Gasteiger partial charge in [0.15, 0.2) is 0 Å². The number of ether oxygens (including phenoxy) is 1. The SMILES string of the molecule is COC(=O)c1ccc(C#CCBr)c(C)c1. The average molecular weight is 267 g/mol. The van der Waals surface area contributed by atoms with E-state index in [1.165, 1.54) is 7.11 Å². The number of carbonyl (C=O) groups is 1. The summed E-state index contributed by atoms with van der Waals surface area (Å²) in [6.45, 7) is 1.92. The summed E-state index contributed by atoms with van der Waals surface area (Å²) in [7, 11) is 1.37. The van der Waals surface area contributed by atoms with Crippen LogP contribution < -0.4 is 0 Å². The summed E-state index contributed by atoms with van der Waals surface area (Å²) >= 11 is 3.23. The molecule has 0 aliphatic rings. The van der Waals surface area contributed by atoms with Crippen molar-refractivity contribution in [2.75, 3.05) is 12.4 Å². The lowest BCUT2D eigenvalue weighted by Gasteiger charge is -2.02. The predicted octanol–water partition coefficient (Wildman–Crippen LogP) is 2.53. The zero-order valence-corrected chi connectivity index (χ0v) is 10.2. The lowest BCUT2D eigenvalue weighted by atomic mass is 10.1. The van der Waals surface area contributed by atoms with Crippen LogP contribution in [0.4, 0.5) is 0 Å². The van der Waals surface area contributed by atoms with Crippen LogP contribution in [0.2, 0.25) is 0 Å². The van der Waals surface area contributed by atoms with Crippen LogP contribution in [-0.2, 0) is 4.74 Å². The molecule has 0 aliphatic carbocycles. The lowest BCUT2D eigenvalue weighted by Crippen LogP contribution is -2.01. The van der Waals surface area contributed by atoms with Gasteiger partial charge >= 0.3 is 5.97 Å². The van der Waals surface area contributed by atoms with Crippen molar-refractivity contribution in [2.24, 2.45) is 0 Å². The Balaban J connectivity index is 3.03. The van der Waals surface area contributed by atoms with Gasteiger partial charge in [-0.05, 0) is 30.7 Å². The van der Waals surface area contributed by atoms with Crippen LogP contribution in [0.1, 0.15) is 21.5 Å². The molecule has 0 aromatic heterocycles. The molecule has 0 heterocycles. The highest BCUT2D eigenvalue weighted by Gasteiger charge is 2.05. The highest BCUT2D eigenvalue weighted by molar-refractivity contribution is 9.09. The molecule has 0 saturated heterocycles. The number of esters is 1. The van der Waals surface area contributed by atoms with E-state index in [0.717, 1.165) is 11.1 Å². The highest BCUT2D eigenvalue weighted by Crippen LogP contribution is 2.10. The van der Waals surface area contributed by atoms with E-state index in [1.54, 1.807) is 12.1 Å². The van der Waals surface area contributed by atoms with Gasteiger partial charge in [0.05, 0.1) is 18.0 Å². The molecule has 78 valence electrons. The molecule has 0 atom stereocenters. The Morgan fingerprint density at radius 3 is 2.80 bits per heavy atom. The number of carbonyl (C=O) groups excluding carboxylic acids is 1. The molecule has 1 aromatic carbocycles. The fourth-order valence-electron chi connectivity index (χ4n) is 1.18. The molecule has 0 aliphatic heterocycles. The fraction of sp³-hybridized carbons (Fsp3) is 0.250. The molecular formula is C12H11BrO2. The standard InChI is InChI=1S/C12H11BrO2/c1-9-8-11(12(14)15-2)6-5-10(9)4-3-7-13/h5-6,8H,7H2,1-2H3. The smallest absolute Gasteiger partial charge is 0.337 e. The lowest BCUT2D eigenvalue weighted by molar-refractivity contribution is 0.0600. The van der Waals surface area contributed by atoms with Gasteiger partial charge in [0.1, 0.15) is 0 Å². The van der Waals surface area contributed by atoms with Crippen LogP contribution in [0.25, 0.3) is 0 Å². The van der Waals surface area contributed by atoms with Crippen molar-refractivity contribution in [3.05, 3.63) is 34.9 Å². The van der Waals surface area contributed by atoms with Crippen molar-refractivity contribution in [3.63, 3.8) is 0 Å². The molecule has 0 fully saturated rings. The number of hydrogen-bond donors (Lipinski definition) is 0. The summed E-state index contributed by atoms with van der Waals surface area (Å²) in [5, 5.41) is 0.644. The first-order chi connectivity index (χ1) is 7.19. The van der Waals surface area contributed by atoms with Crippen LogP contribution in [0, 0.1) is 18.8 Å². The van der Waals surface area contributed by atoms with Gasteiger partial charge in [-0.25, -0.2) is 4.79 Å². The van der Waals surface area contributed by atoms with E-state index in [0.29, 0.717) is 10.9 Å². The van der Waals surface area contributed by atoms with Gasteiger partial charge in [-0.2, -0.15) is 0 Å². The molecule has 3 heteroatoms.